The van der Waals surface area contributed by atoms with Gasteiger partial charge >= 0.3 is 0 Å². The van der Waals surface area contributed by atoms with Crippen molar-refractivity contribution < 1.29 is 8.42 Å². The van der Waals surface area contributed by atoms with Gasteiger partial charge in [0, 0.05) is 11.3 Å². The molecule has 3 aromatic carbocycles. The number of sulfonamides is 1. The van der Waals surface area contributed by atoms with Gasteiger partial charge in [-0.25, -0.2) is 13.4 Å². The maximum Gasteiger partial charge on any atom is 0.261 e. The smallest absolute Gasteiger partial charge is 0.261 e. The number of imidazole rings is 1. The zero-order chi connectivity index (χ0) is 20.6. The Labute approximate surface area is 170 Å². The Morgan fingerprint density at radius 2 is 1.62 bits per heavy atom. The molecule has 5 nitrogen and oxygen atoms in total. The molecule has 148 valence electrons. The fourth-order valence-corrected chi connectivity index (χ4v) is 4.22. The molecule has 0 saturated heterocycles. The molecule has 0 aliphatic rings. The minimum absolute atomic E-state index is 0.0311. The van der Waals surface area contributed by atoms with Gasteiger partial charge in [-0.3, -0.25) is 4.72 Å². The van der Waals surface area contributed by atoms with Crippen LogP contribution in [-0.2, 0) is 15.4 Å². The number of aromatic nitrogens is 2. The van der Waals surface area contributed by atoms with Crippen molar-refractivity contribution in [3.05, 3.63) is 78.4 Å². The van der Waals surface area contributed by atoms with E-state index in [0.717, 1.165) is 22.2 Å². The first-order chi connectivity index (χ1) is 13.7. The fourth-order valence-electron chi connectivity index (χ4n) is 3.17. The van der Waals surface area contributed by atoms with Gasteiger partial charge in [-0.2, -0.15) is 0 Å². The van der Waals surface area contributed by atoms with Crippen LogP contribution in [0.1, 0.15) is 26.3 Å². The van der Waals surface area contributed by atoms with Gasteiger partial charge in [0.05, 0.1) is 15.9 Å². The number of anilines is 1. The molecule has 0 aliphatic carbocycles. The van der Waals surface area contributed by atoms with Crippen molar-refractivity contribution in [2.24, 2.45) is 0 Å². The third kappa shape index (κ3) is 4.03. The van der Waals surface area contributed by atoms with Crippen LogP contribution in [0.3, 0.4) is 0 Å². The number of nitrogens with one attached hydrogen (secondary N) is 2. The fraction of sp³-hybridized carbons (Fsp3) is 0.174. The minimum atomic E-state index is -3.68. The molecule has 0 spiro atoms. The van der Waals surface area contributed by atoms with Crippen LogP contribution in [0.5, 0.6) is 0 Å². The number of nitrogens with zero attached hydrogens (tertiary/aromatic N) is 1. The zero-order valence-corrected chi connectivity index (χ0v) is 17.4. The van der Waals surface area contributed by atoms with E-state index in [9.17, 15) is 8.42 Å². The summed E-state index contributed by atoms with van der Waals surface area (Å²) in [4.78, 5) is 8.08. The summed E-state index contributed by atoms with van der Waals surface area (Å²) in [5.41, 5.74) is 4.16. The molecule has 4 aromatic rings. The van der Waals surface area contributed by atoms with Crippen LogP contribution in [0, 0.1) is 0 Å². The third-order valence-corrected chi connectivity index (χ3v) is 6.21. The molecule has 2 N–H and O–H groups in total. The van der Waals surface area contributed by atoms with Crippen LogP contribution in [0.25, 0.3) is 22.4 Å². The topological polar surface area (TPSA) is 74.8 Å². The second-order valence-corrected chi connectivity index (χ2v) is 9.75. The molecule has 0 radical (unpaired) electrons. The van der Waals surface area contributed by atoms with Gasteiger partial charge in [0.15, 0.2) is 0 Å². The predicted octanol–water partition coefficient (Wildman–Crippen LogP) is 5.33. The van der Waals surface area contributed by atoms with Gasteiger partial charge in [-0.15, -0.1) is 0 Å². The first kappa shape index (κ1) is 19.2. The van der Waals surface area contributed by atoms with Crippen molar-refractivity contribution in [3.63, 3.8) is 0 Å². The average Bonchev–Trinajstić information content (AvgIpc) is 3.12. The lowest BCUT2D eigenvalue weighted by molar-refractivity contribution is 0.587. The number of fused-ring (bicyclic) bond motifs is 1. The van der Waals surface area contributed by atoms with Crippen LogP contribution < -0.4 is 4.72 Å². The van der Waals surface area contributed by atoms with Gasteiger partial charge in [0.1, 0.15) is 5.82 Å². The highest BCUT2D eigenvalue weighted by atomic mass is 32.2. The number of rotatable bonds is 4. The van der Waals surface area contributed by atoms with E-state index in [1.807, 2.05) is 48.5 Å². The number of aromatic amines is 1. The van der Waals surface area contributed by atoms with E-state index in [-0.39, 0.29) is 10.3 Å². The molecular weight excluding hydrogens is 382 g/mol. The number of para-hydroxylation sites is 2. The van der Waals surface area contributed by atoms with E-state index >= 15 is 0 Å². The van der Waals surface area contributed by atoms with Crippen LogP contribution in [0.15, 0.2) is 77.7 Å². The van der Waals surface area contributed by atoms with E-state index in [1.165, 1.54) is 0 Å². The highest BCUT2D eigenvalue weighted by molar-refractivity contribution is 7.92. The SMILES string of the molecule is CC(C)(C)c1ccc(S(=O)(=O)Nc2cccc(-c3nc4ccccc4[nH]3)c2)cc1. The summed E-state index contributed by atoms with van der Waals surface area (Å²) in [5.74, 6) is 0.696. The Balaban J connectivity index is 1.61. The standard InChI is InChI=1S/C23H23N3O2S/c1-23(2,3)17-11-13-19(14-12-17)29(27,28)26-18-8-6-7-16(15-18)22-24-20-9-4-5-10-21(20)25-22/h4-15,26H,1-3H3,(H,24,25). The number of H-pyrrole nitrogens is 1. The number of hydrogen-bond acceptors (Lipinski definition) is 3. The van der Waals surface area contributed by atoms with Crippen molar-refractivity contribution >= 4 is 26.7 Å². The summed E-state index contributed by atoms with van der Waals surface area (Å²) in [5, 5.41) is 0. The molecule has 4 rings (SSSR count). The van der Waals surface area contributed by atoms with Gasteiger partial charge in [-0.1, -0.05) is 57.2 Å². The molecule has 0 aliphatic heterocycles. The van der Waals surface area contributed by atoms with Gasteiger partial charge < -0.3 is 4.98 Å². The predicted molar refractivity (Wildman–Crippen MR) is 117 cm³/mol. The maximum atomic E-state index is 12.8. The average molecular weight is 406 g/mol. The molecule has 1 aromatic heterocycles. The van der Waals surface area contributed by atoms with Crippen LogP contribution in [0.2, 0.25) is 0 Å². The quantitative estimate of drug-likeness (QED) is 0.482. The van der Waals surface area contributed by atoms with Gasteiger partial charge in [-0.05, 0) is 47.4 Å². The second-order valence-electron chi connectivity index (χ2n) is 8.06. The third-order valence-electron chi connectivity index (χ3n) is 4.81. The Morgan fingerprint density at radius 1 is 0.897 bits per heavy atom. The van der Waals surface area contributed by atoms with Crippen molar-refractivity contribution in [3.8, 4) is 11.4 Å². The summed E-state index contributed by atoms with van der Waals surface area (Å²) in [6.45, 7) is 6.29. The Hall–Kier alpha value is -3.12. The molecule has 0 fully saturated rings. The zero-order valence-electron chi connectivity index (χ0n) is 16.6. The van der Waals surface area contributed by atoms with Crippen molar-refractivity contribution in [2.75, 3.05) is 4.72 Å². The molecule has 0 saturated carbocycles. The lowest BCUT2D eigenvalue weighted by atomic mass is 9.87. The molecule has 0 unspecified atom stereocenters. The van der Waals surface area contributed by atoms with Crippen molar-refractivity contribution in [2.45, 2.75) is 31.1 Å². The molecular formula is C23H23N3O2S. The number of hydrogen-bond donors (Lipinski definition) is 2. The Bertz CT molecular complexity index is 1230. The van der Waals surface area contributed by atoms with Crippen LogP contribution >= 0.6 is 0 Å². The van der Waals surface area contributed by atoms with E-state index in [4.69, 9.17) is 0 Å². The molecule has 6 heteroatoms. The maximum absolute atomic E-state index is 12.8. The van der Waals surface area contributed by atoms with E-state index < -0.39 is 10.0 Å². The highest BCUT2D eigenvalue weighted by Gasteiger charge is 2.18. The summed E-state index contributed by atoms with van der Waals surface area (Å²) in [6, 6.07) is 22.0. The molecule has 0 bridgehead atoms. The van der Waals surface area contributed by atoms with E-state index in [1.54, 1.807) is 24.3 Å². The monoisotopic (exact) mass is 405 g/mol. The van der Waals surface area contributed by atoms with E-state index in [2.05, 4.69) is 35.5 Å². The Kier molecular flexibility index (Phi) is 4.67. The van der Waals surface area contributed by atoms with Gasteiger partial charge in [0.25, 0.3) is 10.0 Å². The van der Waals surface area contributed by atoms with Crippen LogP contribution in [0.4, 0.5) is 5.69 Å². The second kappa shape index (κ2) is 7.04. The highest BCUT2D eigenvalue weighted by Crippen LogP contribution is 2.26. The number of benzene rings is 3. The molecule has 0 atom stereocenters. The van der Waals surface area contributed by atoms with E-state index in [0.29, 0.717) is 11.5 Å². The largest absolute Gasteiger partial charge is 0.338 e. The summed E-state index contributed by atoms with van der Waals surface area (Å²) >= 11 is 0. The summed E-state index contributed by atoms with van der Waals surface area (Å²) < 4.78 is 28.3. The first-order valence-corrected chi connectivity index (χ1v) is 10.9. The molecule has 0 amide bonds. The lowest BCUT2D eigenvalue weighted by Crippen LogP contribution is -2.15. The summed E-state index contributed by atoms with van der Waals surface area (Å²) in [6.07, 6.45) is 0. The Morgan fingerprint density at radius 3 is 2.31 bits per heavy atom. The minimum Gasteiger partial charge on any atom is -0.338 e. The summed E-state index contributed by atoms with van der Waals surface area (Å²) in [7, 11) is -3.68. The van der Waals surface area contributed by atoms with Crippen molar-refractivity contribution in [1.82, 2.24) is 9.97 Å². The lowest BCUT2D eigenvalue weighted by Gasteiger charge is -2.19. The molecule has 29 heavy (non-hydrogen) atoms. The van der Waals surface area contributed by atoms with Crippen LogP contribution in [-0.4, -0.2) is 18.4 Å². The van der Waals surface area contributed by atoms with Gasteiger partial charge in [0.2, 0.25) is 0 Å². The van der Waals surface area contributed by atoms with Crippen molar-refractivity contribution in [1.29, 1.82) is 0 Å². The molecule has 1 heterocycles. The normalized spacial score (nSPS) is 12.2. The first-order valence-electron chi connectivity index (χ1n) is 9.41.